The summed E-state index contributed by atoms with van der Waals surface area (Å²) in [5, 5.41) is 2.20. The normalized spacial score (nSPS) is 14.2. The molecule has 9 aromatic carbocycles. The monoisotopic (exact) mass is 804 g/mol. The number of aromatic nitrogens is 2. The van der Waals surface area contributed by atoms with Crippen LogP contribution in [0.4, 0.5) is 0 Å². The number of fused-ring (bicyclic) bond motifs is 6. The number of rotatable bonds is 7. The molecular weight excluding hydrogens is 765 g/mol. The lowest BCUT2D eigenvalue weighted by Gasteiger charge is -2.28. The number of furan rings is 1. The smallest absolute Gasteiger partial charge is 0.160 e. The molecule has 12 rings (SSSR count). The molecule has 0 radical (unpaired) electrons. The Morgan fingerprint density at radius 1 is 0.349 bits per heavy atom. The highest BCUT2D eigenvalue weighted by molar-refractivity contribution is 6.06. The lowest BCUT2D eigenvalue weighted by molar-refractivity contribution is 0.669. The molecule has 1 aliphatic carbocycles. The second-order valence-corrected chi connectivity index (χ2v) is 16.6. The molecule has 0 aliphatic heterocycles. The minimum Gasteiger partial charge on any atom is -0.456 e. The van der Waals surface area contributed by atoms with Crippen molar-refractivity contribution in [3.8, 4) is 78.4 Å². The fourth-order valence-electron chi connectivity index (χ4n) is 9.89. The summed E-state index contributed by atoms with van der Waals surface area (Å²) in [6.45, 7) is 2.36. The van der Waals surface area contributed by atoms with Gasteiger partial charge in [-0.1, -0.05) is 182 Å². The summed E-state index contributed by atoms with van der Waals surface area (Å²) in [6.07, 6.45) is 0. The molecule has 0 N–H and O–H groups in total. The molecule has 0 fully saturated rings. The topological polar surface area (TPSA) is 38.9 Å². The Morgan fingerprint density at radius 3 is 1.71 bits per heavy atom. The Labute approximate surface area is 366 Å². The zero-order valence-electron chi connectivity index (χ0n) is 34.7. The van der Waals surface area contributed by atoms with E-state index < -0.39 is 0 Å². The van der Waals surface area contributed by atoms with Crippen LogP contribution in [0.2, 0.25) is 0 Å². The molecular formula is C60H40N2O. The largest absolute Gasteiger partial charge is 0.456 e. The molecule has 0 amide bonds. The Hall–Kier alpha value is -8.14. The summed E-state index contributed by atoms with van der Waals surface area (Å²) >= 11 is 0. The van der Waals surface area contributed by atoms with Crippen LogP contribution in [0.3, 0.4) is 0 Å². The fourth-order valence-corrected chi connectivity index (χ4v) is 9.89. The van der Waals surface area contributed by atoms with E-state index in [1.54, 1.807) is 0 Å². The van der Waals surface area contributed by atoms with Crippen LogP contribution in [0.25, 0.3) is 100 Å². The van der Waals surface area contributed by atoms with Gasteiger partial charge in [-0.2, -0.15) is 0 Å². The van der Waals surface area contributed by atoms with Gasteiger partial charge in [0.15, 0.2) is 5.82 Å². The highest BCUT2D eigenvalue weighted by atomic mass is 16.3. The first-order valence-corrected chi connectivity index (χ1v) is 21.6. The van der Waals surface area contributed by atoms with Crippen molar-refractivity contribution in [1.82, 2.24) is 9.97 Å². The first-order valence-electron chi connectivity index (χ1n) is 21.6. The predicted octanol–water partition coefficient (Wildman–Crippen LogP) is 15.7. The molecule has 11 aromatic rings. The minimum atomic E-state index is -0.335. The lowest BCUT2D eigenvalue weighted by atomic mass is 9.74. The van der Waals surface area contributed by atoms with Crippen molar-refractivity contribution < 1.29 is 4.42 Å². The van der Waals surface area contributed by atoms with Gasteiger partial charge in [0.2, 0.25) is 0 Å². The SMILES string of the molecule is CC1(c2ccccc2)c2ccccc2-c2c(-c3cc(-c4cc(-c5ccc6oc7ccccc7c6c5)cc(-c5ccccc5-c5ccccc5)c4)nc(-c4ccccc4)n3)cccc21. The maximum absolute atomic E-state index is 6.28. The molecule has 3 heteroatoms. The zero-order valence-corrected chi connectivity index (χ0v) is 34.7. The molecule has 296 valence electrons. The Bertz CT molecular complexity index is 3520. The Morgan fingerprint density at radius 2 is 0.921 bits per heavy atom. The number of hydrogen-bond acceptors (Lipinski definition) is 3. The van der Waals surface area contributed by atoms with Crippen LogP contribution in [-0.2, 0) is 5.41 Å². The van der Waals surface area contributed by atoms with Crippen LogP contribution < -0.4 is 0 Å². The van der Waals surface area contributed by atoms with Crippen LogP contribution in [0.5, 0.6) is 0 Å². The second-order valence-electron chi connectivity index (χ2n) is 16.6. The molecule has 1 atom stereocenters. The number of para-hydroxylation sites is 1. The van der Waals surface area contributed by atoms with Crippen LogP contribution in [0, 0.1) is 0 Å². The van der Waals surface area contributed by atoms with E-state index in [2.05, 4.69) is 213 Å². The number of nitrogens with zero attached hydrogens (tertiary/aromatic N) is 2. The first-order chi connectivity index (χ1) is 31.1. The summed E-state index contributed by atoms with van der Waals surface area (Å²) < 4.78 is 6.28. The van der Waals surface area contributed by atoms with Crippen molar-refractivity contribution >= 4 is 21.9 Å². The molecule has 0 saturated carbocycles. The number of benzene rings is 9. The third-order valence-electron chi connectivity index (χ3n) is 13.0. The number of hydrogen-bond donors (Lipinski definition) is 0. The van der Waals surface area contributed by atoms with Crippen molar-refractivity contribution in [3.05, 3.63) is 241 Å². The third-order valence-corrected chi connectivity index (χ3v) is 13.0. The van der Waals surface area contributed by atoms with Crippen LogP contribution in [-0.4, -0.2) is 9.97 Å². The lowest BCUT2D eigenvalue weighted by Crippen LogP contribution is -2.22. The molecule has 63 heavy (non-hydrogen) atoms. The van der Waals surface area contributed by atoms with Gasteiger partial charge in [0, 0.05) is 32.9 Å². The van der Waals surface area contributed by atoms with Crippen LogP contribution >= 0.6 is 0 Å². The molecule has 2 aromatic heterocycles. The van der Waals surface area contributed by atoms with Gasteiger partial charge in [-0.15, -0.1) is 0 Å². The highest BCUT2D eigenvalue weighted by Gasteiger charge is 2.41. The van der Waals surface area contributed by atoms with E-state index in [1.807, 2.05) is 18.2 Å². The third kappa shape index (κ3) is 6.12. The molecule has 0 bridgehead atoms. The van der Waals surface area contributed by atoms with Crippen molar-refractivity contribution in [3.63, 3.8) is 0 Å². The van der Waals surface area contributed by atoms with Gasteiger partial charge in [-0.3, -0.25) is 0 Å². The minimum absolute atomic E-state index is 0.335. The maximum Gasteiger partial charge on any atom is 0.160 e. The summed E-state index contributed by atoms with van der Waals surface area (Å²) in [6, 6.07) is 80.1. The summed E-state index contributed by atoms with van der Waals surface area (Å²) in [4.78, 5) is 10.8. The van der Waals surface area contributed by atoms with Crippen molar-refractivity contribution in [2.45, 2.75) is 12.3 Å². The fraction of sp³-hybridized carbons (Fsp3) is 0.0333. The van der Waals surface area contributed by atoms with Crippen molar-refractivity contribution in [1.29, 1.82) is 0 Å². The quantitative estimate of drug-likeness (QED) is 0.161. The second kappa shape index (κ2) is 14.8. The van der Waals surface area contributed by atoms with Gasteiger partial charge in [0.25, 0.3) is 0 Å². The van der Waals surface area contributed by atoms with E-state index in [-0.39, 0.29) is 5.41 Å². The predicted molar refractivity (Wildman–Crippen MR) is 259 cm³/mol. The van der Waals surface area contributed by atoms with E-state index in [1.165, 1.54) is 38.9 Å². The summed E-state index contributed by atoms with van der Waals surface area (Å²) in [7, 11) is 0. The van der Waals surface area contributed by atoms with Crippen molar-refractivity contribution in [2.75, 3.05) is 0 Å². The average molecular weight is 805 g/mol. The van der Waals surface area contributed by atoms with Gasteiger partial charge in [-0.05, 0) is 111 Å². The van der Waals surface area contributed by atoms with E-state index >= 15 is 0 Å². The zero-order chi connectivity index (χ0) is 41.9. The molecule has 0 saturated heterocycles. The summed E-state index contributed by atoms with van der Waals surface area (Å²) in [5.41, 5.74) is 19.3. The first kappa shape index (κ1) is 36.7. The van der Waals surface area contributed by atoms with Crippen molar-refractivity contribution in [2.24, 2.45) is 0 Å². The van der Waals surface area contributed by atoms with Gasteiger partial charge < -0.3 is 4.42 Å². The van der Waals surface area contributed by atoms with Gasteiger partial charge >= 0.3 is 0 Å². The van der Waals surface area contributed by atoms with E-state index in [9.17, 15) is 0 Å². The van der Waals surface area contributed by atoms with E-state index in [4.69, 9.17) is 14.4 Å². The standard InChI is InChI=1S/C60H40N2O/c1-60(45-22-9-4-10-23-45)52-29-15-13-27-49(52)58-50(28-17-30-53(58)60)55-38-54(61-59(62-55)40-20-7-3-8-21-40)44-35-42(41-32-33-57-51(37-41)48-26-14-16-31-56(48)63-57)34-43(36-44)47-25-12-11-24-46(47)39-18-5-2-6-19-39/h2-38H,1H3. The van der Waals surface area contributed by atoms with Gasteiger partial charge in [0.1, 0.15) is 11.2 Å². The molecule has 3 nitrogen and oxygen atoms in total. The van der Waals surface area contributed by atoms with Gasteiger partial charge in [-0.25, -0.2) is 9.97 Å². The van der Waals surface area contributed by atoms with E-state index in [0.717, 1.165) is 72.3 Å². The average Bonchev–Trinajstić information content (AvgIpc) is 3.87. The Balaban J connectivity index is 1.11. The maximum atomic E-state index is 6.28. The Kier molecular flexibility index (Phi) is 8.62. The molecule has 1 unspecified atom stereocenters. The summed E-state index contributed by atoms with van der Waals surface area (Å²) in [5.74, 6) is 0.681. The molecule has 2 heterocycles. The highest BCUT2D eigenvalue weighted by Crippen LogP contribution is 2.55. The molecule has 0 spiro atoms. The van der Waals surface area contributed by atoms with E-state index in [0.29, 0.717) is 5.82 Å². The molecule has 1 aliphatic rings. The van der Waals surface area contributed by atoms with Gasteiger partial charge in [0.05, 0.1) is 11.4 Å². The van der Waals surface area contributed by atoms with Crippen LogP contribution in [0.15, 0.2) is 229 Å². The van der Waals surface area contributed by atoms with Crippen LogP contribution in [0.1, 0.15) is 23.6 Å².